The van der Waals surface area contributed by atoms with Crippen molar-refractivity contribution in [2.24, 2.45) is 0 Å². The van der Waals surface area contributed by atoms with Crippen LogP contribution in [0.5, 0.6) is 0 Å². The van der Waals surface area contributed by atoms with Gasteiger partial charge in [-0.15, -0.1) is 0 Å². The van der Waals surface area contributed by atoms with Crippen LogP contribution in [-0.4, -0.2) is 35.0 Å². The molecule has 6 rings (SSSR count). The summed E-state index contributed by atoms with van der Waals surface area (Å²) in [6, 6.07) is 34.2. The number of carbonyl (C=O) groups is 4. The highest BCUT2D eigenvalue weighted by Gasteiger charge is 2.37. The van der Waals surface area contributed by atoms with Crippen molar-refractivity contribution in [3.63, 3.8) is 0 Å². The molecule has 1 aliphatic heterocycles. The summed E-state index contributed by atoms with van der Waals surface area (Å²) in [5.41, 5.74) is 5.07. The first-order valence-corrected chi connectivity index (χ1v) is 15.0. The number of hydrogen-bond acceptors (Lipinski definition) is 5. The zero-order chi connectivity index (χ0) is 31.5. The number of nitrogens with zero attached hydrogens (tertiary/aromatic N) is 2. The van der Waals surface area contributed by atoms with Crippen molar-refractivity contribution in [1.82, 2.24) is 9.88 Å². The van der Waals surface area contributed by atoms with Gasteiger partial charge < -0.3 is 9.30 Å². The first-order chi connectivity index (χ1) is 21.9. The van der Waals surface area contributed by atoms with Crippen LogP contribution in [0.3, 0.4) is 0 Å². The third-order valence-electron chi connectivity index (χ3n) is 7.25. The molecule has 0 bridgehead atoms. The second-order valence-corrected chi connectivity index (χ2v) is 11.0. The average Bonchev–Trinajstić information content (AvgIpc) is 3.43. The zero-order valence-corrected chi connectivity index (χ0v) is 25.7. The Morgan fingerprint density at radius 1 is 0.800 bits per heavy atom. The molecule has 222 valence electrons. The third-order valence-corrected chi connectivity index (χ3v) is 7.74. The quantitative estimate of drug-likeness (QED) is 0.111. The van der Waals surface area contributed by atoms with E-state index in [1.807, 2.05) is 83.4 Å². The van der Waals surface area contributed by atoms with Gasteiger partial charge in [-0.1, -0.05) is 82.7 Å². The van der Waals surface area contributed by atoms with Crippen molar-refractivity contribution in [2.75, 3.05) is 11.5 Å². The number of halogens is 1. The van der Waals surface area contributed by atoms with Crippen molar-refractivity contribution >= 4 is 51.5 Å². The zero-order valence-electron chi connectivity index (χ0n) is 24.1. The lowest BCUT2D eigenvalue weighted by Crippen LogP contribution is -2.54. The van der Waals surface area contributed by atoms with E-state index in [9.17, 15) is 19.2 Å². The predicted octanol–water partition coefficient (Wildman–Crippen LogP) is 7.42. The highest BCUT2D eigenvalue weighted by molar-refractivity contribution is 9.10. The van der Waals surface area contributed by atoms with Crippen molar-refractivity contribution in [3.8, 4) is 28.2 Å². The molecule has 0 radical (unpaired) electrons. The summed E-state index contributed by atoms with van der Waals surface area (Å²) in [5.74, 6) is -1.95. The molecule has 0 aliphatic carbocycles. The largest absolute Gasteiger partial charge is 0.462 e. The molecule has 1 fully saturated rings. The SMILES string of the molecule is CCOC(=O)c1ccc(-n2c(-c3ccccc3)cc(C=C3C(=O)NC(=O)N(c4cccc(Br)c4)C3=O)c2-c2ccccc2)cc1. The van der Waals surface area contributed by atoms with Gasteiger partial charge in [-0.3, -0.25) is 14.9 Å². The van der Waals surface area contributed by atoms with Crippen LogP contribution in [0.4, 0.5) is 10.5 Å². The van der Waals surface area contributed by atoms with E-state index in [1.165, 1.54) is 6.08 Å². The van der Waals surface area contributed by atoms with Gasteiger partial charge in [-0.25, -0.2) is 14.5 Å². The fraction of sp³-hybridized carbons (Fsp3) is 0.0556. The first-order valence-electron chi connectivity index (χ1n) is 14.2. The van der Waals surface area contributed by atoms with Crippen LogP contribution in [0, 0.1) is 0 Å². The lowest BCUT2D eigenvalue weighted by atomic mass is 10.0. The van der Waals surface area contributed by atoms with Crippen molar-refractivity contribution in [2.45, 2.75) is 6.92 Å². The number of benzene rings is 4. The number of nitrogens with one attached hydrogen (secondary N) is 1. The van der Waals surface area contributed by atoms with Gasteiger partial charge in [-0.2, -0.15) is 0 Å². The van der Waals surface area contributed by atoms with E-state index in [1.54, 1.807) is 43.3 Å². The van der Waals surface area contributed by atoms with Gasteiger partial charge in [0, 0.05) is 15.7 Å². The van der Waals surface area contributed by atoms with Gasteiger partial charge in [0.05, 0.1) is 29.2 Å². The number of aromatic nitrogens is 1. The number of imide groups is 2. The van der Waals surface area contributed by atoms with Crippen LogP contribution in [0.2, 0.25) is 0 Å². The number of anilines is 1. The summed E-state index contributed by atoms with van der Waals surface area (Å²) in [4.78, 5) is 53.2. The Labute approximate surface area is 267 Å². The molecule has 5 aromatic rings. The highest BCUT2D eigenvalue weighted by atomic mass is 79.9. The smallest absolute Gasteiger partial charge is 0.338 e. The van der Waals surface area contributed by atoms with Crippen molar-refractivity contribution in [1.29, 1.82) is 0 Å². The normalized spacial score (nSPS) is 14.0. The summed E-state index contributed by atoms with van der Waals surface area (Å²) < 4.78 is 7.87. The second-order valence-electron chi connectivity index (χ2n) is 10.1. The Hall–Kier alpha value is -5.54. The monoisotopic (exact) mass is 659 g/mol. The molecular formula is C36H26BrN3O5. The van der Waals surface area contributed by atoms with E-state index in [0.717, 1.165) is 27.4 Å². The van der Waals surface area contributed by atoms with Gasteiger partial charge in [-0.05, 0) is 72.7 Å². The standard InChI is InChI=1S/C36H26BrN3O5/c1-2-45-35(43)25-16-18-28(19-17-25)39-31(23-10-5-3-6-11-23)21-26(32(39)24-12-7-4-8-13-24)20-30-33(41)38-36(44)40(34(30)42)29-15-9-14-27(37)22-29/h3-22H,2H2,1H3,(H,38,41,44). The van der Waals surface area contributed by atoms with E-state index >= 15 is 0 Å². The van der Waals surface area contributed by atoms with Crippen LogP contribution < -0.4 is 10.2 Å². The lowest BCUT2D eigenvalue weighted by Gasteiger charge is -2.26. The molecule has 0 unspecified atom stereocenters. The molecule has 4 aromatic carbocycles. The Bertz CT molecular complexity index is 1970. The number of hydrogen-bond donors (Lipinski definition) is 1. The number of carbonyl (C=O) groups excluding carboxylic acids is 4. The van der Waals surface area contributed by atoms with E-state index in [4.69, 9.17) is 4.74 Å². The van der Waals surface area contributed by atoms with Gasteiger partial charge >= 0.3 is 12.0 Å². The van der Waals surface area contributed by atoms with Crippen LogP contribution >= 0.6 is 15.9 Å². The summed E-state index contributed by atoms with van der Waals surface area (Å²) in [6.07, 6.45) is 1.52. The van der Waals surface area contributed by atoms with Crippen LogP contribution in [0.25, 0.3) is 34.3 Å². The fourth-order valence-electron chi connectivity index (χ4n) is 5.24. The minimum atomic E-state index is -0.826. The van der Waals surface area contributed by atoms with Crippen molar-refractivity contribution in [3.05, 3.63) is 136 Å². The molecule has 0 spiro atoms. The number of esters is 1. The maximum Gasteiger partial charge on any atom is 0.338 e. The molecule has 8 nitrogen and oxygen atoms in total. The molecule has 4 amide bonds. The van der Waals surface area contributed by atoms with Crippen molar-refractivity contribution < 1.29 is 23.9 Å². The Morgan fingerprint density at radius 2 is 1.47 bits per heavy atom. The molecular weight excluding hydrogens is 634 g/mol. The van der Waals surface area contributed by atoms with Gasteiger partial charge in [0.15, 0.2) is 0 Å². The molecule has 45 heavy (non-hydrogen) atoms. The van der Waals surface area contributed by atoms with Crippen LogP contribution in [0.15, 0.2) is 125 Å². The number of rotatable bonds is 7. The Balaban J connectivity index is 1.57. The molecule has 1 aliphatic rings. The van der Waals surface area contributed by atoms with E-state index in [2.05, 4.69) is 21.2 Å². The predicted molar refractivity (Wildman–Crippen MR) is 176 cm³/mol. The topological polar surface area (TPSA) is 97.7 Å². The minimum Gasteiger partial charge on any atom is -0.462 e. The Kier molecular flexibility index (Phi) is 8.26. The third kappa shape index (κ3) is 5.85. The molecule has 0 saturated carbocycles. The first kappa shape index (κ1) is 29.5. The maximum atomic E-state index is 13.8. The number of amides is 4. The van der Waals surface area contributed by atoms with Crippen LogP contribution in [-0.2, 0) is 14.3 Å². The molecule has 1 saturated heterocycles. The summed E-state index contributed by atoms with van der Waals surface area (Å²) in [5, 5.41) is 2.31. The number of urea groups is 1. The number of ether oxygens (including phenoxy) is 1. The van der Waals surface area contributed by atoms with Crippen LogP contribution in [0.1, 0.15) is 22.8 Å². The lowest BCUT2D eigenvalue weighted by molar-refractivity contribution is -0.122. The summed E-state index contributed by atoms with van der Waals surface area (Å²) in [6.45, 7) is 2.02. The minimum absolute atomic E-state index is 0.193. The summed E-state index contributed by atoms with van der Waals surface area (Å²) >= 11 is 3.38. The maximum absolute atomic E-state index is 13.8. The van der Waals surface area contributed by atoms with Gasteiger partial charge in [0.25, 0.3) is 11.8 Å². The second kappa shape index (κ2) is 12.6. The molecule has 1 aromatic heterocycles. The average molecular weight is 661 g/mol. The van der Waals surface area contributed by atoms with E-state index in [-0.39, 0.29) is 12.2 Å². The highest BCUT2D eigenvalue weighted by Crippen LogP contribution is 2.38. The van der Waals surface area contributed by atoms with Gasteiger partial charge in [0.1, 0.15) is 5.57 Å². The molecule has 0 atom stereocenters. The number of barbiturate groups is 1. The van der Waals surface area contributed by atoms with Gasteiger partial charge in [0.2, 0.25) is 0 Å². The molecule has 1 N–H and O–H groups in total. The summed E-state index contributed by atoms with van der Waals surface area (Å²) in [7, 11) is 0. The molecule has 2 heterocycles. The Morgan fingerprint density at radius 3 is 2.11 bits per heavy atom. The van der Waals surface area contributed by atoms with E-state index < -0.39 is 23.8 Å². The fourth-order valence-corrected chi connectivity index (χ4v) is 5.63. The van der Waals surface area contributed by atoms with E-state index in [0.29, 0.717) is 27.0 Å². The molecule has 9 heteroatoms.